The first kappa shape index (κ1) is 18.9. The van der Waals surface area contributed by atoms with E-state index >= 15 is 0 Å². The molecule has 140 valence electrons. The van der Waals surface area contributed by atoms with Crippen LogP contribution in [0.5, 0.6) is 0 Å². The molecule has 1 fully saturated rings. The number of carbonyl (C=O) groups is 1. The van der Waals surface area contributed by atoms with Crippen LogP contribution in [0.3, 0.4) is 0 Å². The van der Waals surface area contributed by atoms with Crippen LogP contribution >= 0.6 is 11.3 Å². The Morgan fingerprint density at radius 1 is 1.35 bits per heavy atom. The Morgan fingerprint density at radius 3 is 2.77 bits per heavy atom. The third kappa shape index (κ3) is 3.92. The molecule has 2 aromatic rings. The Bertz CT molecular complexity index is 865. The van der Waals surface area contributed by atoms with Crippen LogP contribution in [0.1, 0.15) is 16.1 Å². The largest absolute Gasteiger partial charge is 0.371 e. The van der Waals surface area contributed by atoms with E-state index in [1.54, 1.807) is 7.05 Å². The first-order chi connectivity index (χ1) is 12.4. The first-order valence-corrected chi connectivity index (χ1v) is 10.8. The summed E-state index contributed by atoms with van der Waals surface area (Å²) in [6, 6.07) is 11.6. The van der Waals surface area contributed by atoms with Gasteiger partial charge in [-0.2, -0.15) is 0 Å². The summed E-state index contributed by atoms with van der Waals surface area (Å²) in [6.07, 6.45) is 0.960. The molecule has 0 saturated carbocycles. The predicted molar refractivity (Wildman–Crippen MR) is 104 cm³/mol. The summed E-state index contributed by atoms with van der Waals surface area (Å²) in [5.41, 5.74) is 1.17. The topological polar surface area (TPSA) is 69.7 Å². The summed E-state index contributed by atoms with van der Waals surface area (Å²) in [5, 5.41) is 4.04. The Labute approximate surface area is 158 Å². The zero-order valence-electron chi connectivity index (χ0n) is 14.9. The van der Waals surface area contributed by atoms with E-state index in [2.05, 4.69) is 22.3 Å². The van der Waals surface area contributed by atoms with Gasteiger partial charge >= 0.3 is 0 Å². The smallest absolute Gasteiger partial charge is 0.261 e. The number of amides is 1. The van der Waals surface area contributed by atoms with Crippen LogP contribution in [0.25, 0.3) is 0 Å². The van der Waals surface area contributed by atoms with Crippen molar-refractivity contribution in [2.45, 2.75) is 11.3 Å². The van der Waals surface area contributed by atoms with Crippen molar-refractivity contribution in [3.05, 3.63) is 46.7 Å². The summed E-state index contributed by atoms with van der Waals surface area (Å²) in [7, 11) is -0.447. The Balaban J connectivity index is 1.65. The van der Waals surface area contributed by atoms with Crippen molar-refractivity contribution < 1.29 is 13.2 Å². The fourth-order valence-corrected chi connectivity index (χ4v) is 5.65. The molecule has 0 bridgehead atoms. The molecule has 1 aromatic carbocycles. The van der Waals surface area contributed by atoms with Gasteiger partial charge in [0.05, 0.1) is 9.77 Å². The molecule has 0 spiro atoms. The molecule has 0 aliphatic carbocycles. The fraction of sp³-hybridized carbons (Fsp3) is 0.389. The van der Waals surface area contributed by atoms with Crippen molar-refractivity contribution in [2.75, 3.05) is 38.6 Å². The normalized spacial score (nSPS) is 17.7. The van der Waals surface area contributed by atoms with Gasteiger partial charge in [-0.15, -0.1) is 11.3 Å². The summed E-state index contributed by atoms with van der Waals surface area (Å²) in [5.74, 6) is 0.0143. The number of anilines is 1. The minimum atomic E-state index is -3.58. The standard InChI is InChI=1S/C18H23N3O3S2/c1-19-18(22)17-10-16(13-25-17)26(23,24)20(2)11-14-8-9-21(12-14)15-6-4-3-5-7-15/h3-7,10,13-14H,8-9,11-12H2,1-2H3,(H,19,22). The van der Waals surface area contributed by atoms with Gasteiger partial charge in [-0.25, -0.2) is 12.7 Å². The lowest BCUT2D eigenvalue weighted by atomic mass is 10.1. The van der Waals surface area contributed by atoms with E-state index < -0.39 is 10.0 Å². The van der Waals surface area contributed by atoms with Crippen molar-refractivity contribution in [3.8, 4) is 0 Å². The van der Waals surface area contributed by atoms with Crippen molar-refractivity contribution >= 4 is 33.0 Å². The molecule has 1 aliphatic rings. The van der Waals surface area contributed by atoms with E-state index in [0.29, 0.717) is 11.4 Å². The van der Waals surface area contributed by atoms with Gasteiger partial charge in [-0.3, -0.25) is 4.79 Å². The predicted octanol–water partition coefficient (Wildman–Crippen LogP) is 2.25. The lowest BCUT2D eigenvalue weighted by molar-refractivity contribution is 0.0967. The molecule has 1 unspecified atom stereocenters. The number of hydrogen-bond donors (Lipinski definition) is 1. The highest BCUT2D eigenvalue weighted by atomic mass is 32.2. The van der Waals surface area contributed by atoms with E-state index in [4.69, 9.17) is 0 Å². The number of carbonyl (C=O) groups excluding carboxylic acids is 1. The average Bonchev–Trinajstić information content (AvgIpc) is 3.31. The van der Waals surface area contributed by atoms with Crippen LogP contribution in [0, 0.1) is 5.92 Å². The maximum absolute atomic E-state index is 12.8. The summed E-state index contributed by atoms with van der Waals surface area (Å²) >= 11 is 1.14. The van der Waals surface area contributed by atoms with Gasteiger partial charge in [-0.05, 0) is 30.5 Å². The third-order valence-electron chi connectivity index (χ3n) is 4.66. The number of sulfonamides is 1. The second kappa shape index (κ2) is 7.77. The highest BCUT2D eigenvalue weighted by Gasteiger charge is 2.29. The van der Waals surface area contributed by atoms with Gasteiger partial charge in [-0.1, -0.05) is 18.2 Å². The number of nitrogens with one attached hydrogen (secondary N) is 1. The fourth-order valence-electron chi connectivity index (χ4n) is 3.19. The van der Waals surface area contributed by atoms with Crippen molar-refractivity contribution in [2.24, 2.45) is 5.92 Å². The lowest BCUT2D eigenvalue weighted by Gasteiger charge is -2.22. The van der Waals surface area contributed by atoms with Gasteiger partial charge < -0.3 is 10.2 Å². The van der Waals surface area contributed by atoms with Crippen molar-refractivity contribution in [3.63, 3.8) is 0 Å². The maximum Gasteiger partial charge on any atom is 0.261 e. The zero-order valence-corrected chi connectivity index (χ0v) is 16.5. The minimum Gasteiger partial charge on any atom is -0.371 e. The van der Waals surface area contributed by atoms with Gasteiger partial charge in [0, 0.05) is 44.8 Å². The second-order valence-corrected chi connectivity index (χ2v) is 9.40. The number of thiophene rings is 1. The SMILES string of the molecule is CNC(=O)c1cc(S(=O)(=O)N(C)CC2CCN(c3ccccc3)C2)cs1. The van der Waals surface area contributed by atoms with Crippen LogP contribution in [-0.2, 0) is 10.0 Å². The molecule has 0 radical (unpaired) electrons. The average molecular weight is 394 g/mol. The molecular weight excluding hydrogens is 370 g/mol. The molecule has 1 atom stereocenters. The minimum absolute atomic E-state index is 0.182. The van der Waals surface area contributed by atoms with Gasteiger partial charge in [0.1, 0.15) is 0 Å². The Hall–Kier alpha value is -1.90. The van der Waals surface area contributed by atoms with Crippen LogP contribution in [0.15, 0.2) is 46.7 Å². The summed E-state index contributed by atoms with van der Waals surface area (Å²) < 4.78 is 27.0. The van der Waals surface area contributed by atoms with Gasteiger partial charge in [0.15, 0.2) is 0 Å². The molecule has 2 heterocycles. The van der Waals surface area contributed by atoms with Crippen LogP contribution in [0.4, 0.5) is 5.69 Å². The van der Waals surface area contributed by atoms with E-state index in [0.717, 1.165) is 30.8 Å². The monoisotopic (exact) mass is 393 g/mol. The van der Waals surface area contributed by atoms with Gasteiger partial charge in [0.25, 0.3) is 5.91 Å². The molecule has 3 rings (SSSR count). The van der Waals surface area contributed by atoms with Crippen LogP contribution in [0.2, 0.25) is 0 Å². The van der Waals surface area contributed by atoms with E-state index in [1.807, 2.05) is 18.2 Å². The molecule has 6 nitrogen and oxygen atoms in total. The summed E-state index contributed by atoms with van der Waals surface area (Å²) in [6.45, 7) is 2.25. The molecular formula is C18H23N3O3S2. The Kier molecular flexibility index (Phi) is 5.64. The maximum atomic E-state index is 12.8. The molecule has 1 saturated heterocycles. The highest BCUT2D eigenvalue weighted by Crippen LogP contribution is 2.27. The van der Waals surface area contributed by atoms with Crippen molar-refractivity contribution in [1.82, 2.24) is 9.62 Å². The number of para-hydroxylation sites is 1. The molecule has 8 heteroatoms. The van der Waals surface area contributed by atoms with Crippen LogP contribution < -0.4 is 10.2 Å². The first-order valence-electron chi connectivity index (χ1n) is 8.48. The van der Waals surface area contributed by atoms with E-state index in [-0.39, 0.29) is 16.7 Å². The highest BCUT2D eigenvalue weighted by molar-refractivity contribution is 7.89. The number of hydrogen-bond acceptors (Lipinski definition) is 5. The van der Waals surface area contributed by atoms with E-state index in [9.17, 15) is 13.2 Å². The molecule has 1 aliphatic heterocycles. The number of benzene rings is 1. The third-order valence-corrected chi connectivity index (χ3v) is 7.54. The number of nitrogens with zero attached hydrogens (tertiary/aromatic N) is 2. The van der Waals surface area contributed by atoms with Gasteiger partial charge in [0.2, 0.25) is 10.0 Å². The molecule has 1 N–H and O–H groups in total. The van der Waals surface area contributed by atoms with Crippen molar-refractivity contribution in [1.29, 1.82) is 0 Å². The second-order valence-electron chi connectivity index (χ2n) is 6.45. The molecule has 1 aromatic heterocycles. The molecule has 1 amide bonds. The Morgan fingerprint density at radius 2 is 2.08 bits per heavy atom. The van der Waals surface area contributed by atoms with Crippen LogP contribution in [-0.4, -0.2) is 52.4 Å². The zero-order chi connectivity index (χ0) is 18.7. The molecule has 26 heavy (non-hydrogen) atoms. The quantitative estimate of drug-likeness (QED) is 0.817. The number of rotatable bonds is 6. The lowest BCUT2D eigenvalue weighted by Crippen LogP contribution is -2.33. The summed E-state index contributed by atoms with van der Waals surface area (Å²) in [4.78, 5) is 14.5. The van der Waals surface area contributed by atoms with E-state index in [1.165, 1.54) is 28.5 Å².